The fourth-order valence-corrected chi connectivity index (χ4v) is 5.28. The van der Waals surface area contributed by atoms with Gasteiger partial charge in [0.05, 0.1) is 43.1 Å². The van der Waals surface area contributed by atoms with Crippen molar-refractivity contribution in [3.63, 3.8) is 0 Å². The van der Waals surface area contributed by atoms with E-state index < -0.39 is 33.8 Å². The molecule has 0 saturated carbocycles. The maximum Gasteiger partial charge on any atom is 0.240 e. The highest BCUT2D eigenvalue weighted by Gasteiger charge is 2.21. The Kier molecular flexibility index (Phi) is 14.0. The van der Waals surface area contributed by atoms with Gasteiger partial charge in [-0.15, -0.1) is 0 Å². The van der Waals surface area contributed by atoms with Crippen molar-refractivity contribution >= 4 is 56.9 Å². The summed E-state index contributed by atoms with van der Waals surface area (Å²) in [7, 11) is -3.82. The standard InChI is InChI=1S/C29H41N5O6S2/c1-19-8-9-24-14-22(10-11-23(24)13-19)21(3)29(38)34-42(39,40)12-6-4-5-7-25(30)26(35)16-33-27(36)17-31-20(2)15-32-28(37)18-41/h8-11,13-14,21,25,31,41H,2,4-7,12,15-18,30H2,1,3H3,(H,32,37)(H,33,36)(H,34,38)/t21-,25?/m0/s1. The smallest absolute Gasteiger partial charge is 0.240 e. The second-order valence-corrected chi connectivity index (χ2v) is 12.4. The molecule has 0 aromatic heterocycles. The quantitative estimate of drug-likeness (QED) is 0.107. The molecule has 0 saturated heterocycles. The van der Waals surface area contributed by atoms with Gasteiger partial charge in [-0.3, -0.25) is 23.9 Å². The molecule has 0 heterocycles. The van der Waals surface area contributed by atoms with Crippen LogP contribution in [0.25, 0.3) is 10.8 Å². The summed E-state index contributed by atoms with van der Waals surface area (Å²) in [5.74, 6) is -2.46. The molecule has 0 aliphatic heterocycles. The van der Waals surface area contributed by atoms with Gasteiger partial charge in [0, 0.05) is 5.70 Å². The average molecular weight is 620 g/mol. The molecular weight excluding hydrogens is 578 g/mol. The molecule has 0 bridgehead atoms. The van der Waals surface area contributed by atoms with Crippen LogP contribution in [0.2, 0.25) is 0 Å². The first-order valence-electron chi connectivity index (χ1n) is 13.7. The van der Waals surface area contributed by atoms with E-state index >= 15 is 0 Å². The number of carbonyl (C=O) groups is 4. The third kappa shape index (κ3) is 12.2. The monoisotopic (exact) mass is 619 g/mol. The van der Waals surface area contributed by atoms with Crippen LogP contribution in [-0.2, 0) is 29.2 Å². The fraction of sp³-hybridized carbons (Fsp3) is 0.448. The van der Waals surface area contributed by atoms with Gasteiger partial charge in [-0.1, -0.05) is 61.4 Å². The van der Waals surface area contributed by atoms with Gasteiger partial charge in [-0.25, -0.2) is 8.42 Å². The van der Waals surface area contributed by atoms with E-state index in [0.717, 1.165) is 21.9 Å². The highest BCUT2D eigenvalue weighted by Crippen LogP contribution is 2.23. The van der Waals surface area contributed by atoms with E-state index in [2.05, 4.69) is 39.9 Å². The highest BCUT2D eigenvalue weighted by molar-refractivity contribution is 7.90. The van der Waals surface area contributed by atoms with Crippen molar-refractivity contribution in [2.24, 2.45) is 5.73 Å². The third-order valence-electron chi connectivity index (χ3n) is 6.61. The maximum absolute atomic E-state index is 12.7. The van der Waals surface area contributed by atoms with Crippen LogP contribution < -0.4 is 26.4 Å². The van der Waals surface area contributed by atoms with Crippen molar-refractivity contribution in [2.75, 3.05) is 31.1 Å². The number of carbonyl (C=O) groups excluding carboxylic acids is 4. The number of Topliss-reactive ketones (excluding diaryl/α,β-unsaturated/α-hetero) is 1. The van der Waals surface area contributed by atoms with Gasteiger partial charge in [0.25, 0.3) is 0 Å². The molecule has 0 fully saturated rings. The lowest BCUT2D eigenvalue weighted by Gasteiger charge is -2.14. The second kappa shape index (κ2) is 16.9. The number of fused-ring (bicyclic) bond motifs is 1. The Morgan fingerprint density at radius 1 is 0.905 bits per heavy atom. The number of amides is 3. The predicted octanol–water partition coefficient (Wildman–Crippen LogP) is 1.42. The van der Waals surface area contributed by atoms with Crippen molar-refractivity contribution in [1.82, 2.24) is 20.7 Å². The normalized spacial score (nSPS) is 12.7. The Hall–Kier alpha value is -3.42. The minimum atomic E-state index is -3.82. The lowest BCUT2D eigenvalue weighted by molar-refractivity contribution is -0.125. The average Bonchev–Trinajstić information content (AvgIpc) is 2.96. The van der Waals surface area contributed by atoms with Crippen LogP contribution in [0.5, 0.6) is 0 Å². The number of unbranched alkanes of at least 4 members (excludes halogenated alkanes) is 2. The van der Waals surface area contributed by atoms with E-state index in [9.17, 15) is 27.6 Å². The Morgan fingerprint density at radius 3 is 2.29 bits per heavy atom. The van der Waals surface area contributed by atoms with E-state index in [1.165, 1.54) is 0 Å². The largest absolute Gasteiger partial charge is 0.379 e. The topological polar surface area (TPSA) is 177 Å². The number of hydrogen-bond acceptors (Lipinski definition) is 9. The molecule has 11 nitrogen and oxygen atoms in total. The number of rotatable bonds is 18. The summed E-state index contributed by atoms with van der Waals surface area (Å²) < 4.78 is 27.1. The molecular formula is C29H41N5O6S2. The van der Waals surface area contributed by atoms with E-state index in [1.54, 1.807) is 6.92 Å². The van der Waals surface area contributed by atoms with Crippen LogP contribution in [0.3, 0.4) is 0 Å². The number of ketones is 1. The minimum absolute atomic E-state index is 0.0416. The molecule has 0 aliphatic rings. The first-order valence-corrected chi connectivity index (χ1v) is 16.0. The number of sulfonamides is 1. The van der Waals surface area contributed by atoms with E-state index in [-0.39, 0.29) is 42.8 Å². The number of nitrogens with two attached hydrogens (primary N) is 1. The number of benzene rings is 2. The van der Waals surface area contributed by atoms with Crippen LogP contribution in [0.1, 0.15) is 49.7 Å². The number of nitrogens with one attached hydrogen (secondary N) is 4. The Morgan fingerprint density at radius 2 is 1.57 bits per heavy atom. The van der Waals surface area contributed by atoms with Crippen molar-refractivity contribution < 1.29 is 27.6 Å². The minimum Gasteiger partial charge on any atom is -0.379 e. The van der Waals surface area contributed by atoms with E-state index in [0.29, 0.717) is 31.4 Å². The molecule has 2 rings (SSSR count). The summed E-state index contributed by atoms with van der Waals surface area (Å²) in [6.45, 7) is 7.15. The molecule has 230 valence electrons. The second-order valence-electron chi connectivity index (χ2n) is 10.2. The first kappa shape index (κ1) is 34.8. The molecule has 3 amide bonds. The predicted molar refractivity (Wildman–Crippen MR) is 167 cm³/mol. The Bertz CT molecular complexity index is 1400. The zero-order valence-electron chi connectivity index (χ0n) is 24.1. The van der Waals surface area contributed by atoms with Crippen LogP contribution in [0, 0.1) is 6.92 Å². The maximum atomic E-state index is 12.7. The van der Waals surface area contributed by atoms with Crippen molar-refractivity contribution in [3.8, 4) is 0 Å². The lowest BCUT2D eigenvalue weighted by atomic mass is 9.97. The van der Waals surface area contributed by atoms with Crippen LogP contribution in [0.15, 0.2) is 48.7 Å². The number of hydrogen-bond donors (Lipinski definition) is 6. The summed E-state index contributed by atoms with van der Waals surface area (Å²) in [4.78, 5) is 48.0. The number of aryl methyl sites for hydroxylation is 1. The summed E-state index contributed by atoms with van der Waals surface area (Å²) >= 11 is 3.84. The van der Waals surface area contributed by atoms with Crippen LogP contribution in [0.4, 0.5) is 0 Å². The van der Waals surface area contributed by atoms with Gasteiger partial charge < -0.3 is 21.7 Å². The zero-order chi connectivity index (χ0) is 31.3. The van der Waals surface area contributed by atoms with Gasteiger partial charge in [-0.05, 0) is 43.0 Å². The molecule has 2 aromatic rings. The third-order valence-corrected chi connectivity index (χ3v) is 8.24. The van der Waals surface area contributed by atoms with Crippen molar-refractivity contribution in [2.45, 2.75) is 51.5 Å². The Balaban J connectivity index is 1.65. The number of thiol groups is 1. The van der Waals surface area contributed by atoms with E-state index in [4.69, 9.17) is 5.73 Å². The zero-order valence-corrected chi connectivity index (χ0v) is 25.8. The van der Waals surface area contributed by atoms with Crippen LogP contribution >= 0.6 is 12.6 Å². The molecule has 42 heavy (non-hydrogen) atoms. The van der Waals surface area contributed by atoms with Gasteiger partial charge in [0.15, 0.2) is 5.78 Å². The molecule has 2 aromatic carbocycles. The summed E-state index contributed by atoms with van der Waals surface area (Å²) in [6, 6.07) is 10.9. The van der Waals surface area contributed by atoms with Crippen LogP contribution in [-0.4, -0.2) is 69.1 Å². The van der Waals surface area contributed by atoms with Gasteiger partial charge >= 0.3 is 0 Å². The fourth-order valence-electron chi connectivity index (χ4n) is 4.00. The summed E-state index contributed by atoms with van der Waals surface area (Å²) in [6.07, 6.45) is 1.64. The van der Waals surface area contributed by atoms with Gasteiger partial charge in [0.1, 0.15) is 0 Å². The molecule has 2 atom stereocenters. The summed E-state index contributed by atoms with van der Waals surface area (Å²) in [5.41, 5.74) is 8.21. The molecule has 13 heteroatoms. The Labute approximate surface area is 252 Å². The molecule has 6 N–H and O–H groups in total. The highest BCUT2D eigenvalue weighted by atomic mass is 32.2. The lowest BCUT2D eigenvalue weighted by Crippen LogP contribution is -2.42. The van der Waals surface area contributed by atoms with Crippen molar-refractivity contribution in [1.29, 1.82) is 0 Å². The van der Waals surface area contributed by atoms with Gasteiger partial charge in [0.2, 0.25) is 27.7 Å². The molecule has 0 aliphatic carbocycles. The molecule has 0 radical (unpaired) electrons. The van der Waals surface area contributed by atoms with E-state index in [1.807, 2.05) is 43.3 Å². The summed E-state index contributed by atoms with van der Waals surface area (Å²) in [5, 5.41) is 9.80. The van der Waals surface area contributed by atoms with Crippen molar-refractivity contribution in [3.05, 3.63) is 59.8 Å². The first-order chi connectivity index (χ1) is 19.8. The SMILES string of the molecule is C=C(CNC(=O)CS)NCC(=O)NCC(=O)C(N)CCCCCS(=O)(=O)NC(=O)[C@@H](C)c1ccc2cc(C)ccc2c1. The molecule has 1 unspecified atom stereocenters. The molecule has 0 spiro atoms. The van der Waals surface area contributed by atoms with Gasteiger partial charge in [-0.2, -0.15) is 12.6 Å².